The van der Waals surface area contributed by atoms with Crippen molar-refractivity contribution in [2.75, 3.05) is 24.7 Å². The number of nitrogens with zero attached hydrogens (tertiary/aromatic N) is 1. The molecule has 0 N–H and O–H groups in total. The Morgan fingerprint density at radius 2 is 1.80 bits per heavy atom. The number of likely N-dealkylation sites (N-methyl/N-ethyl adjacent to an activating group) is 1. The lowest BCUT2D eigenvalue weighted by Gasteiger charge is -2.24. The average molecular weight is 404 g/mol. The van der Waals surface area contributed by atoms with E-state index in [-0.39, 0.29) is 5.91 Å². The topological polar surface area (TPSA) is 38.8 Å². The van der Waals surface area contributed by atoms with Crippen LogP contribution in [0, 0.1) is 13.8 Å². The maximum Gasteiger partial charge on any atom is 0.231 e. The largest absolute Gasteiger partial charge is 0.486 e. The van der Waals surface area contributed by atoms with Crippen molar-refractivity contribution in [3.05, 3.63) is 51.5 Å². The Labute approximate surface area is 156 Å². The van der Waals surface area contributed by atoms with Gasteiger partial charge in [-0.05, 0) is 55.7 Å². The Balaban J connectivity index is 1.86. The minimum absolute atomic E-state index is 0.0635. The molecule has 3 rings (SSSR count). The molecule has 4 nitrogen and oxygen atoms in total. The second-order valence-electron chi connectivity index (χ2n) is 6.19. The predicted octanol–water partition coefficient (Wildman–Crippen LogP) is 4.43. The van der Waals surface area contributed by atoms with Crippen LogP contribution in [0.1, 0.15) is 23.6 Å². The normalized spacial score (nSPS) is 12.8. The van der Waals surface area contributed by atoms with Gasteiger partial charge in [-0.3, -0.25) is 4.79 Å². The molecule has 2 aromatic carbocycles. The van der Waals surface area contributed by atoms with Crippen LogP contribution in [-0.2, 0) is 11.2 Å². The van der Waals surface area contributed by atoms with Crippen LogP contribution in [0.25, 0.3) is 0 Å². The summed E-state index contributed by atoms with van der Waals surface area (Å²) in [5, 5.41) is 0. The summed E-state index contributed by atoms with van der Waals surface area (Å²) in [6.07, 6.45) is 0.304. The van der Waals surface area contributed by atoms with Gasteiger partial charge in [-0.2, -0.15) is 0 Å². The monoisotopic (exact) mass is 403 g/mol. The van der Waals surface area contributed by atoms with E-state index < -0.39 is 0 Å². The van der Waals surface area contributed by atoms with Crippen LogP contribution in [0.15, 0.2) is 34.8 Å². The third-order valence-corrected chi connectivity index (χ3v) is 5.06. The van der Waals surface area contributed by atoms with Gasteiger partial charge >= 0.3 is 0 Å². The zero-order valence-electron chi connectivity index (χ0n) is 14.8. The maximum atomic E-state index is 13.0. The molecule has 0 aliphatic carbocycles. The third-order valence-electron chi connectivity index (χ3n) is 4.33. The Morgan fingerprint density at radius 3 is 2.48 bits per heavy atom. The summed E-state index contributed by atoms with van der Waals surface area (Å²) in [4.78, 5) is 14.8. The zero-order valence-corrected chi connectivity index (χ0v) is 16.4. The fourth-order valence-corrected chi connectivity index (χ4v) is 3.45. The van der Waals surface area contributed by atoms with Gasteiger partial charge in [0.05, 0.1) is 6.42 Å². The van der Waals surface area contributed by atoms with Crippen molar-refractivity contribution in [1.29, 1.82) is 0 Å². The van der Waals surface area contributed by atoms with E-state index in [0.717, 1.165) is 32.6 Å². The Morgan fingerprint density at radius 1 is 1.12 bits per heavy atom. The SMILES string of the molecule is CCN(C(=O)Cc1cc2c(cc1Br)OCCO2)c1cc(C)ccc1C. The van der Waals surface area contributed by atoms with Crippen LogP contribution >= 0.6 is 15.9 Å². The minimum Gasteiger partial charge on any atom is -0.486 e. The molecule has 1 aliphatic rings. The number of hydrogen-bond donors (Lipinski definition) is 0. The van der Waals surface area contributed by atoms with Gasteiger partial charge in [0.25, 0.3) is 0 Å². The average Bonchev–Trinajstić information content (AvgIpc) is 2.59. The van der Waals surface area contributed by atoms with Crippen LogP contribution in [-0.4, -0.2) is 25.7 Å². The summed E-state index contributed by atoms with van der Waals surface area (Å²) in [6, 6.07) is 9.96. The van der Waals surface area contributed by atoms with Crippen LogP contribution in [0.5, 0.6) is 11.5 Å². The molecule has 1 heterocycles. The van der Waals surface area contributed by atoms with E-state index in [4.69, 9.17) is 9.47 Å². The predicted molar refractivity (Wildman–Crippen MR) is 103 cm³/mol. The minimum atomic E-state index is 0.0635. The standard InChI is InChI=1S/C20H22BrNO3/c1-4-22(17-9-13(2)5-6-14(17)3)20(23)11-15-10-18-19(12-16(15)21)25-8-7-24-18/h5-6,9-10,12H,4,7-8,11H2,1-3H3. The number of halogens is 1. The van der Waals surface area contributed by atoms with Crippen molar-refractivity contribution >= 4 is 27.5 Å². The zero-order chi connectivity index (χ0) is 18.0. The van der Waals surface area contributed by atoms with Gasteiger partial charge in [-0.15, -0.1) is 0 Å². The summed E-state index contributed by atoms with van der Waals surface area (Å²) in [5.74, 6) is 1.48. The molecule has 2 aromatic rings. The smallest absolute Gasteiger partial charge is 0.231 e. The summed E-state index contributed by atoms with van der Waals surface area (Å²) >= 11 is 3.55. The highest BCUT2D eigenvalue weighted by molar-refractivity contribution is 9.10. The lowest BCUT2D eigenvalue weighted by molar-refractivity contribution is -0.117. The van der Waals surface area contributed by atoms with Crippen molar-refractivity contribution in [2.24, 2.45) is 0 Å². The molecule has 0 saturated heterocycles. The van der Waals surface area contributed by atoms with Gasteiger partial charge in [0.1, 0.15) is 13.2 Å². The number of ether oxygens (including phenoxy) is 2. The second-order valence-corrected chi connectivity index (χ2v) is 7.05. The van der Waals surface area contributed by atoms with Crippen LogP contribution in [0.2, 0.25) is 0 Å². The number of amides is 1. The highest BCUT2D eigenvalue weighted by Crippen LogP contribution is 2.36. The molecule has 0 radical (unpaired) electrons. The maximum absolute atomic E-state index is 13.0. The Bertz CT molecular complexity index is 804. The molecule has 0 spiro atoms. The second kappa shape index (κ2) is 7.48. The summed E-state index contributed by atoms with van der Waals surface area (Å²) < 4.78 is 12.1. The quantitative estimate of drug-likeness (QED) is 0.757. The number of hydrogen-bond acceptors (Lipinski definition) is 3. The molecule has 1 aliphatic heterocycles. The van der Waals surface area contributed by atoms with E-state index in [0.29, 0.717) is 31.9 Å². The van der Waals surface area contributed by atoms with Crippen LogP contribution in [0.4, 0.5) is 5.69 Å². The number of benzene rings is 2. The molecule has 5 heteroatoms. The van der Waals surface area contributed by atoms with E-state index in [1.54, 1.807) is 0 Å². The van der Waals surface area contributed by atoms with Gasteiger partial charge in [-0.25, -0.2) is 0 Å². The van der Waals surface area contributed by atoms with Crippen molar-refractivity contribution in [2.45, 2.75) is 27.2 Å². The van der Waals surface area contributed by atoms with Crippen LogP contribution in [0.3, 0.4) is 0 Å². The lowest BCUT2D eigenvalue weighted by Crippen LogP contribution is -2.32. The van der Waals surface area contributed by atoms with Gasteiger partial charge < -0.3 is 14.4 Å². The van der Waals surface area contributed by atoms with Crippen LogP contribution < -0.4 is 14.4 Å². The Kier molecular flexibility index (Phi) is 5.33. The first kappa shape index (κ1) is 17.8. The van der Waals surface area contributed by atoms with E-state index in [2.05, 4.69) is 34.1 Å². The fourth-order valence-electron chi connectivity index (χ4n) is 2.99. The van der Waals surface area contributed by atoms with E-state index in [9.17, 15) is 4.79 Å². The summed E-state index contributed by atoms with van der Waals surface area (Å²) in [5.41, 5.74) is 4.12. The van der Waals surface area contributed by atoms with Crippen molar-refractivity contribution in [3.63, 3.8) is 0 Å². The van der Waals surface area contributed by atoms with E-state index in [1.807, 2.05) is 37.8 Å². The molecular formula is C20H22BrNO3. The lowest BCUT2D eigenvalue weighted by atomic mass is 10.1. The Hall–Kier alpha value is -2.01. The van der Waals surface area contributed by atoms with Crippen molar-refractivity contribution < 1.29 is 14.3 Å². The first-order valence-corrected chi connectivity index (χ1v) is 9.24. The van der Waals surface area contributed by atoms with E-state index in [1.165, 1.54) is 0 Å². The molecule has 0 saturated carbocycles. The number of aryl methyl sites for hydroxylation is 2. The highest BCUT2D eigenvalue weighted by atomic mass is 79.9. The number of carbonyl (C=O) groups excluding carboxylic acids is 1. The first-order valence-electron chi connectivity index (χ1n) is 8.45. The third kappa shape index (κ3) is 3.82. The molecule has 0 aromatic heterocycles. The first-order chi connectivity index (χ1) is 12.0. The summed E-state index contributed by atoms with van der Waals surface area (Å²) in [6.45, 7) is 7.78. The number of anilines is 1. The van der Waals surface area contributed by atoms with Crippen molar-refractivity contribution in [1.82, 2.24) is 0 Å². The van der Waals surface area contributed by atoms with Gasteiger partial charge in [0.15, 0.2) is 11.5 Å². The van der Waals surface area contributed by atoms with E-state index >= 15 is 0 Å². The molecule has 0 unspecified atom stereocenters. The highest BCUT2D eigenvalue weighted by Gasteiger charge is 2.20. The summed E-state index contributed by atoms with van der Waals surface area (Å²) in [7, 11) is 0. The van der Waals surface area contributed by atoms with Gasteiger partial charge in [-0.1, -0.05) is 28.1 Å². The molecule has 132 valence electrons. The fraction of sp³-hybridized carbons (Fsp3) is 0.350. The molecule has 0 bridgehead atoms. The van der Waals surface area contributed by atoms with Gasteiger partial charge in [0, 0.05) is 16.7 Å². The molecule has 25 heavy (non-hydrogen) atoms. The number of fused-ring (bicyclic) bond motifs is 1. The molecule has 0 fully saturated rings. The molecule has 0 atom stereocenters. The molecule has 1 amide bonds. The van der Waals surface area contributed by atoms with Crippen molar-refractivity contribution in [3.8, 4) is 11.5 Å². The van der Waals surface area contributed by atoms with Gasteiger partial charge in [0.2, 0.25) is 5.91 Å². The number of rotatable bonds is 4. The molecular weight excluding hydrogens is 382 g/mol. The number of carbonyl (C=O) groups is 1.